The van der Waals surface area contributed by atoms with Crippen molar-refractivity contribution in [3.05, 3.63) is 48.6 Å². The van der Waals surface area contributed by atoms with E-state index in [9.17, 15) is 45.6 Å². The Labute approximate surface area is 499 Å². The summed E-state index contributed by atoms with van der Waals surface area (Å²) < 4.78 is 22.7. The van der Waals surface area contributed by atoms with Crippen molar-refractivity contribution in [2.75, 3.05) is 19.8 Å². The quantitative estimate of drug-likeness (QED) is 0.0204. The van der Waals surface area contributed by atoms with Crippen molar-refractivity contribution in [2.24, 2.45) is 0 Å². The summed E-state index contributed by atoms with van der Waals surface area (Å²) in [5.74, 6) is -0.247. The maximum atomic E-state index is 13.3. The highest BCUT2D eigenvalue weighted by atomic mass is 16.7. The molecule has 14 heteroatoms. The Bertz CT molecular complexity index is 1560. The van der Waals surface area contributed by atoms with Gasteiger partial charge in [0.1, 0.15) is 48.8 Å². The van der Waals surface area contributed by atoms with Crippen molar-refractivity contribution in [3.63, 3.8) is 0 Å². The molecule has 0 aromatic carbocycles. The fourth-order valence-corrected chi connectivity index (χ4v) is 11.0. The topological polar surface area (TPSA) is 228 Å². The third kappa shape index (κ3) is 37.5. The first-order chi connectivity index (χ1) is 40.1. The van der Waals surface area contributed by atoms with Crippen LogP contribution in [-0.2, 0) is 23.7 Å². The highest BCUT2D eigenvalue weighted by molar-refractivity contribution is 5.76. The highest BCUT2D eigenvalue weighted by Crippen LogP contribution is 2.30. The molecule has 0 aromatic rings. The second kappa shape index (κ2) is 53.2. The second-order valence-electron chi connectivity index (χ2n) is 23.9. The van der Waals surface area contributed by atoms with E-state index in [0.29, 0.717) is 12.8 Å². The predicted molar refractivity (Wildman–Crippen MR) is 332 cm³/mol. The third-order valence-corrected chi connectivity index (χ3v) is 16.5. The molecule has 1 amide bonds. The first-order valence-electron chi connectivity index (χ1n) is 33.9. The first-order valence-corrected chi connectivity index (χ1v) is 33.9. The van der Waals surface area contributed by atoms with Gasteiger partial charge < -0.3 is 65.1 Å². The van der Waals surface area contributed by atoms with Gasteiger partial charge in [-0.25, -0.2) is 0 Å². The van der Waals surface area contributed by atoms with E-state index in [4.69, 9.17) is 18.9 Å². The van der Waals surface area contributed by atoms with Crippen LogP contribution < -0.4 is 5.32 Å². The van der Waals surface area contributed by atoms with E-state index >= 15 is 0 Å². The molecule has 12 atom stereocenters. The summed E-state index contributed by atoms with van der Waals surface area (Å²) in [4.78, 5) is 13.3. The minimum atomic E-state index is -1.79. The van der Waals surface area contributed by atoms with Crippen LogP contribution in [0.3, 0.4) is 0 Å². The number of hydrogen-bond donors (Lipinski definition) is 9. The Balaban J connectivity index is 1.55. The van der Waals surface area contributed by atoms with Gasteiger partial charge in [-0.05, 0) is 64.2 Å². The van der Waals surface area contributed by atoms with Gasteiger partial charge in [0.15, 0.2) is 12.6 Å². The zero-order chi connectivity index (χ0) is 59.5. The Hall–Kier alpha value is -2.05. The number of carbonyl (C=O) groups excluding carboxylic acids is 1. The van der Waals surface area contributed by atoms with E-state index in [1.54, 1.807) is 6.08 Å². The maximum absolute atomic E-state index is 13.3. The van der Waals surface area contributed by atoms with Gasteiger partial charge in [-0.3, -0.25) is 4.79 Å². The van der Waals surface area contributed by atoms with Gasteiger partial charge in [0.25, 0.3) is 0 Å². The van der Waals surface area contributed by atoms with Gasteiger partial charge in [-0.2, -0.15) is 0 Å². The number of rotatable bonds is 55. The summed E-state index contributed by atoms with van der Waals surface area (Å²) in [6.45, 7) is 2.75. The number of amides is 1. The number of unbranched alkanes of at least 4 members (excludes halogenated alkanes) is 36. The summed E-state index contributed by atoms with van der Waals surface area (Å²) >= 11 is 0. The van der Waals surface area contributed by atoms with Gasteiger partial charge >= 0.3 is 0 Å². The number of aliphatic hydroxyl groups excluding tert-OH is 8. The fraction of sp³-hybridized carbons (Fsp3) is 0.868. The Kier molecular flexibility index (Phi) is 49.3. The molecule has 2 saturated heterocycles. The lowest BCUT2D eigenvalue weighted by Crippen LogP contribution is -2.65. The van der Waals surface area contributed by atoms with Crippen LogP contribution in [0.5, 0.6) is 0 Å². The maximum Gasteiger partial charge on any atom is 0.220 e. The van der Waals surface area contributed by atoms with Gasteiger partial charge in [0.2, 0.25) is 5.91 Å². The van der Waals surface area contributed by atoms with Gasteiger partial charge in [-0.15, -0.1) is 0 Å². The molecule has 0 aromatic heterocycles. The number of carbonyl (C=O) groups is 1. The van der Waals surface area contributed by atoms with E-state index in [0.717, 1.165) is 38.5 Å². The molecule has 0 bridgehead atoms. The summed E-state index contributed by atoms with van der Waals surface area (Å²) in [7, 11) is 0. The fourth-order valence-electron chi connectivity index (χ4n) is 11.0. The van der Waals surface area contributed by atoms with Crippen LogP contribution in [0.1, 0.15) is 284 Å². The van der Waals surface area contributed by atoms with Crippen LogP contribution in [0, 0.1) is 0 Å². The van der Waals surface area contributed by atoms with E-state index < -0.39 is 86.8 Å². The van der Waals surface area contributed by atoms with Gasteiger partial charge in [-0.1, -0.05) is 262 Å². The van der Waals surface area contributed by atoms with Crippen LogP contribution in [0.2, 0.25) is 0 Å². The van der Waals surface area contributed by atoms with Gasteiger partial charge in [0.05, 0.1) is 32.0 Å². The second-order valence-corrected chi connectivity index (χ2v) is 23.9. The van der Waals surface area contributed by atoms with Crippen molar-refractivity contribution < 1.29 is 64.6 Å². The molecule has 0 spiro atoms. The van der Waals surface area contributed by atoms with Crippen molar-refractivity contribution in [1.82, 2.24) is 5.32 Å². The van der Waals surface area contributed by atoms with Crippen LogP contribution >= 0.6 is 0 Å². The molecule has 2 aliphatic rings. The molecule has 0 saturated carbocycles. The smallest absolute Gasteiger partial charge is 0.220 e. The number of allylic oxidation sites excluding steroid dienone is 7. The highest BCUT2D eigenvalue weighted by Gasteiger charge is 2.51. The standard InChI is InChI=1S/C68H125NO13/c1-3-5-7-9-11-13-15-16-17-18-19-20-21-22-23-24-25-26-27-28-29-30-31-32-33-34-35-36-37-38-39-40-42-44-46-48-50-52-60(73)69-56(57(72)51-49-47-45-43-41-14-12-10-8-6-4-2)55-79-67-65(78)63(76)66(59(54-71)81-67)82-68-64(77)62(75)61(74)58(53-70)80-68/h15-16,18-19,41,43,49,51,56-59,61-68,70-72,74-78H,3-14,17,20-40,42,44-48,50,52-55H2,1-2H3,(H,69,73)/b16-15-,19-18-,43-41+,51-49+. The van der Waals surface area contributed by atoms with Crippen molar-refractivity contribution in [2.45, 2.75) is 357 Å². The average molecular weight is 1160 g/mol. The molecule has 2 aliphatic heterocycles. The summed E-state index contributed by atoms with van der Waals surface area (Å²) in [6, 6.07) is -0.929. The normalized spacial score (nSPS) is 24.2. The zero-order valence-corrected chi connectivity index (χ0v) is 52.0. The molecular weight excluding hydrogens is 1040 g/mol. The van der Waals surface area contributed by atoms with Crippen molar-refractivity contribution in [1.29, 1.82) is 0 Å². The number of ether oxygens (including phenoxy) is 4. The van der Waals surface area contributed by atoms with E-state index in [1.807, 2.05) is 6.08 Å². The molecule has 0 radical (unpaired) electrons. The van der Waals surface area contributed by atoms with Crippen molar-refractivity contribution >= 4 is 5.91 Å². The average Bonchev–Trinajstić information content (AvgIpc) is 3.22. The Morgan fingerprint density at radius 2 is 0.817 bits per heavy atom. The largest absolute Gasteiger partial charge is 0.394 e. The van der Waals surface area contributed by atoms with Crippen LogP contribution in [0.4, 0.5) is 0 Å². The van der Waals surface area contributed by atoms with Crippen LogP contribution in [0.25, 0.3) is 0 Å². The number of hydrogen-bond acceptors (Lipinski definition) is 13. The molecule has 12 unspecified atom stereocenters. The zero-order valence-electron chi connectivity index (χ0n) is 52.0. The molecule has 2 rings (SSSR count). The van der Waals surface area contributed by atoms with Crippen molar-refractivity contribution in [3.8, 4) is 0 Å². The molecule has 9 N–H and O–H groups in total. The molecule has 2 heterocycles. The molecular formula is C68H125NO13. The summed E-state index contributed by atoms with van der Waals surface area (Å²) in [5, 5.41) is 87.0. The first kappa shape index (κ1) is 76.0. The lowest BCUT2D eigenvalue weighted by atomic mass is 9.97. The third-order valence-electron chi connectivity index (χ3n) is 16.5. The molecule has 14 nitrogen and oxygen atoms in total. The molecule has 2 fully saturated rings. The monoisotopic (exact) mass is 1160 g/mol. The summed E-state index contributed by atoms with van der Waals surface area (Å²) in [6.07, 6.45) is 52.1. The minimum Gasteiger partial charge on any atom is -0.394 e. The molecule has 0 aliphatic carbocycles. The van der Waals surface area contributed by atoms with Gasteiger partial charge in [0, 0.05) is 6.42 Å². The molecule has 480 valence electrons. The van der Waals surface area contributed by atoms with E-state index in [2.05, 4.69) is 55.6 Å². The number of nitrogens with one attached hydrogen (secondary N) is 1. The predicted octanol–water partition coefficient (Wildman–Crippen LogP) is 13.1. The van der Waals surface area contributed by atoms with Crippen LogP contribution in [-0.4, -0.2) is 140 Å². The van der Waals surface area contributed by atoms with E-state index in [1.165, 1.54) is 212 Å². The SMILES string of the molecule is CCCCCCC/C=C\C/C=C\CCCCCCCCCCCCCCCCCCCCCCCCCCCC(=O)NC(COC1OC(CO)C(OC2OC(CO)C(O)C(O)C2O)C(O)C1O)C(O)/C=C/CC/C=C/CCCCCCC. The Morgan fingerprint density at radius 1 is 0.439 bits per heavy atom. The lowest BCUT2D eigenvalue weighted by molar-refractivity contribution is -0.359. The number of aliphatic hydroxyl groups is 8. The molecule has 82 heavy (non-hydrogen) atoms. The lowest BCUT2D eigenvalue weighted by Gasteiger charge is -2.46. The van der Waals surface area contributed by atoms with E-state index in [-0.39, 0.29) is 18.9 Å². The Morgan fingerprint density at radius 3 is 1.27 bits per heavy atom. The van der Waals surface area contributed by atoms with Crippen LogP contribution in [0.15, 0.2) is 48.6 Å². The minimum absolute atomic E-state index is 0.247. The summed E-state index contributed by atoms with van der Waals surface area (Å²) in [5.41, 5.74) is 0.